The minimum absolute atomic E-state index is 0.128. The van der Waals surface area contributed by atoms with Gasteiger partial charge in [-0.15, -0.1) is 0 Å². The number of para-hydroxylation sites is 1. The smallest absolute Gasteiger partial charge is 0.321 e. The van der Waals surface area contributed by atoms with Gasteiger partial charge in [0.2, 0.25) is 0 Å². The Hall–Kier alpha value is -3.28. The summed E-state index contributed by atoms with van der Waals surface area (Å²) in [6, 6.07) is 18.3. The van der Waals surface area contributed by atoms with Gasteiger partial charge >= 0.3 is 6.03 Å². The normalized spacial score (nSPS) is 14.3. The van der Waals surface area contributed by atoms with Crippen LogP contribution in [0.15, 0.2) is 73.1 Å². The van der Waals surface area contributed by atoms with Crippen molar-refractivity contribution in [2.75, 3.05) is 36.4 Å². The molecule has 5 nitrogen and oxygen atoms in total. The van der Waals surface area contributed by atoms with E-state index in [4.69, 9.17) is 0 Å². The Morgan fingerprint density at radius 2 is 1.52 bits per heavy atom. The van der Waals surface area contributed by atoms with Crippen LogP contribution < -0.4 is 10.2 Å². The highest BCUT2D eigenvalue weighted by Gasteiger charge is 2.22. The minimum atomic E-state index is -0.224. The van der Waals surface area contributed by atoms with Crippen molar-refractivity contribution in [1.29, 1.82) is 0 Å². The maximum Gasteiger partial charge on any atom is 0.321 e. The Balaban J connectivity index is 1.34. The van der Waals surface area contributed by atoms with Gasteiger partial charge in [-0.2, -0.15) is 0 Å². The average Bonchev–Trinajstić information content (AvgIpc) is 3.24. The van der Waals surface area contributed by atoms with Gasteiger partial charge in [0, 0.05) is 49.9 Å². The van der Waals surface area contributed by atoms with Crippen LogP contribution in [0.3, 0.4) is 0 Å². The highest BCUT2D eigenvalue weighted by Crippen LogP contribution is 2.20. The summed E-state index contributed by atoms with van der Waals surface area (Å²) in [5.74, 6) is -0.224. The van der Waals surface area contributed by atoms with Gasteiger partial charge in [-0.25, -0.2) is 9.18 Å². The Morgan fingerprint density at radius 1 is 0.852 bits per heavy atom. The molecule has 27 heavy (non-hydrogen) atoms. The number of carbonyl (C=O) groups excluding carboxylic acids is 1. The first-order chi connectivity index (χ1) is 13.2. The van der Waals surface area contributed by atoms with Crippen molar-refractivity contribution in [2.24, 2.45) is 0 Å². The third kappa shape index (κ3) is 3.79. The summed E-state index contributed by atoms with van der Waals surface area (Å²) in [4.78, 5) is 16.2. The highest BCUT2D eigenvalue weighted by molar-refractivity contribution is 5.89. The zero-order valence-corrected chi connectivity index (χ0v) is 14.9. The van der Waals surface area contributed by atoms with Crippen LogP contribution >= 0.6 is 0 Å². The molecule has 1 aromatic heterocycles. The SMILES string of the molecule is O=C(Nc1ccc(-n2cccc2)cc1)N1CCN(c2ccccc2F)CC1. The van der Waals surface area contributed by atoms with Gasteiger partial charge in [-0.3, -0.25) is 0 Å². The quantitative estimate of drug-likeness (QED) is 0.764. The van der Waals surface area contributed by atoms with E-state index in [0.29, 0.717) is 31.9 Å². The summed E-state index contributed by atoms with van der Waals surface area (Å²) in [6.07, 6.45) is 3.95. The van der Waals surface area contributed by atoms with Crippen LogP contribution in [0, 0.1) is 5.82 Å². The van der Waals surface area contributed by atoms with Gasteiger partial charge in [-0.1, -0.05) is 12.1 Å². The number of amides is 2. The van der Waals surface area contributed by atoms with E-state index in [-0.39, 0.29) is 11.8 Å². The van der Waals surface area contributed by atoms with Crippen molar-refractivity contribution < 1.29 is 9.18 Å². The van der Waals surface area contributed by atoms with E-state index in [1.807, 2.05) is 64.3 Å². The monoisotopic (exact) mass is 364 g/mol. The molecular weight excluding hydrogens is 343 g/mol. The number of carbonyl (C=O) groups is 1. The van der Waals surface area contributed by atoms with Crippen molar-refractivity contribution in [3.63, 3.8) is 0 Å². The molecule has 6 heteroatoms. The maximum absolute atomic E-state index is 13.9. The molecule has 1 aliphatic heterocycles. The molecule has 0 radical (unpaired) electrons. The lowest BCUT2D eigenvalue weighted by molar-refractivity contribution is 0.208. The molecule has 2 aromatic carbocycles. The van der Waals surface area contributed by atoms with E-state index in [1.165, 1.54) is 6.07 Å². The second-order valence-electron chi connectivity index (χ2n) is 6.49. The standard InChI is InChI=1S/C21H21FN4O/c22-19-5-1-2-6-20(19)25-13-15-26(16-14-25)21(27)23-17-7-9-18(10-8-17)24-11-3-4-12-24/h1-12H,13-16H2,(H,23,27). The van der Waals surface area contributed by atoms with Gasteiger partial charge in [0.1, 0.15) is 5.82 Å². The molecule has 1 fully saturated rings. The number of nitrogens with one attached hydrogen (secondary N) is 1. The predicted octanol–water partition coefficient (Wildman–Crippen LogP) is 3.97. The first-order valence-corrected chi connectivity index (χ1v) is 8.99. The number of nitrogens with zero attached hydrogens (tertiary/aromatic N) is 3. The van der Waals surface area contributed by atoms with Crippen LogP contribution in [0.4, 0.5) is 20.6 Å². The second kappa shape index (κ2) is 7.53. The number of hydrogen-bond acceptors (Lipinski definition) is 2. The molecule has 0 spiro atoms. The fraction of sp³-hybridized carbons (Fsp3) is 0.190. The van der Waals surface area contributed by atoms with Crippen LogP contribution in [0.5, 0.6) is 0 Å². The molecule has 0 unspecified atom stereocenters. The second-order valence-corrected chi connectivity index (χ2v) is 6.49. The summed E-state index contributed by atoms with van der Waals surface area (Å²) in [7, 11) is 0. The first-order valence-electron chi connectivity index (χ1n) is 8.99. The van der Waals surface area contributed by atoms with Crippen molar-refractivity contribution in [1.82, 2.24) is 9.47 Å². The molecule has 4 rings (SSSR count). The van der Waals surface area contributed by atoms with E-state index in [9.17, 15) is 9.18 Å². The lowest BCUT2D eigenvalue weighted by Gasteiger charge is -2.36. The topological polar surface area (TPSA) is 40.5 Å². The predicted molar refractivity (Wildman–Crippen MR) is 105 cm³/mol. The average molecular weight is 364 g/mol. The fourth-order valence-corrected chi connectivity index (χ4v) is 3.28. The molecular formula is C21H21FN4O. The Kier molecular flexibility index (Phi) is 4.78. The van der Waals surface area contributed by atoms with Crippen LogP contribution in [0.1, 0.15) is 0 Å². The molecule has 0 atom stereocenters. The Bertz CT molecular complexity index is 900. The Labute approximate surface area is 157 Å². The largest absolute Gasteiger partial charge is 0.366 e. The Morgan fingerprint density at radius 3 is 2.19 bits per heavy atom. The number of benzene rings is 2. The zero-order valence-electron chi connectivity index (χ0n) is 14.9. The maximum atomic E-state index is 13.9. The number of urea groups is 1. The highest BCUT2D eigenvalue weighted by atomic mass is 19.1. The lowest BCUT2D eigenvalue weighted by atomic mass is 10.2. The zero-order chi connectivity index (χ0) is 18.6. The third-order valence-electron chi connectivity index (χ3n) is 4.78. The molecule has 2 heterocycles. The van der Waals surface area contributed by atoms with E-state index < -0.39 is 0 Å². The number of anilines is 2. The number of piperazine rings is 1. The van der Waals surface area contributed by atoms with Gasteiger partial charge in [0.05, 0.1) is 5.69 Å². The summed E-state index contributed by atoms with van der Waals surface area (Å²) >= 11 is 0. The molecule has 1 N–H and O–H groups in total. The summed E-state index contributed by atoms with van der Waals surface area (Å²) in [5.41, 5.74) is 2.39. The van der Waals surface area contributed by atoms with Gasteiger partial charge in [0.15, 0.2) is 0 Å². The van der Waals surface area contributed by atoms with Gasteiger partial charge < -0.3 is 19.7 Å². The molecule has 138 valence electrons. The van der Waals surface area contributed by atoms with Crippen LogP contribution in [-0.4, -0.2) is 41.7 Å². The number of halogens is 1. The lowest BCUT2D eigenvalue weighted by Crippen LogP contribution is -2.50. The molecule has 0 aliphatic carbocycles. The van der Waals surface area contributed by atoms with Crippen LogP contribution in [-0.2, 0) is 0 Å². The van der Waals surface area contributed by atoms with Gasteiger partial charge in [0.25, 0.3) is 0 Å². The molecule has 2 amide bonds. The molecule has 1 saturated heterocycles. The van der Waals surface area contributed by atoms with E-state index in [1.54, 1.807) is 17.0 Å². The minimum Gasteiger partial charge on any atom is -0.366 e. The van der Waals surface area contributed by atoms with Gasteiger partial charge in [-0.05, 0) is 48.5 Å². The van der Waals surface area contributed by atoms with Crippen molar-refractivity contribution in [2.45, 2.75) is 0 Å². The molecule has 0 saturated carbocycles. The van der Waals surface area contributed by atoms with Crippen molar-refractivity contribution >= 4 is 17.4 Å². The third-order valence-corrected chi connectivity index (χ3v) is 4.78. The van der Waals surface area contributed by atoms with E-state index in [2.05, 4.69) is 5.32 Å². The molecule has 0 bridgehead atoms. The fourth-order valence-electron chi connectivity index (χ4n) is 3.28. The van der Waals surface area contributed by atoms with Crippen LogP contribution in [0.2, 0.25) is 0 Å². The van der Waals surface area contributed by atoms with E-state index in [0.717, 1.165) is 11.4 Å². The molecule has 3 aromatic rings. The summed E-state index contributed by atoms with van der Waals surface area (Å²) in [6.45, 7) is 2.34. The van der Waals surface area contributed by atoms with Crippen LogP contribution in [0.25, 0.3) is 5.69 Å². The summed E-state index contributed by atoms with van der Waals surface area (Å²) in [5, 5.41) is 2.94. The number of aromatic nitrogens is 1. The first kappa shape index (κ1) is 17.1. The number of hydrogen-bond donors (Lipinski definition) is 1. The number of rotatable bonds is 3. The summed E-state index contributed by atoms with van der Waals surface area (Å²) < 4.78 is 15.9. The molecule has 1 aliphatic rings. The van der Waals surface area contributed by atoms with Crippen molar-refractivity contribution in [3.05, 3.63) is 78.9 Å². The van der Waals surface area contributed by atoms with Crippen molar-refractivity contribution in [3.8, 4) is 5.69 Å². The van der Waals surface area contributed by atoms with E-state index >= 15 is 0 Å².